The average molecular weight is 502 g/mol. The highest BCUT2D eigenvalue weighted by Gasteiger charge is 2.27. The van der Waals surface area contributed by atoms with Crippen LogP contribution in [0.5, 0.6) is 0 Å². The number of aromatic nitrogens is 2. The molecule has 1 aromatic heterocycles. The fourth-order valence-corrected chi connectivity index (χ4v) is 4.69. The standard InChI is InChI=1S/C22H32N6OS.2ClH/c1-13-10-11-18-19(15(13)7-6-12-30-3)21(28-22(27-18)20(24)29)26-17-9-5-4-8-16(17)25-14(2)23;;/h10-11,16-17H,4-9,12H2,1-3H3,(H2,23,25)(H2,24,29)(H,26,27,28);2*1H/t16-,17+;;/m1../s1. The minimum atomic E-state index is -0.627. The minimum absolute atomic E-state index is 0. The number of amidine groups is 1. The average Bonchev–Trinajstić information content (AvgIpc) is 2.70. The molecule has 1 fully saturated rings. The summed E-state index contributed by atoms with van der Waals surface area (Å²) in [4.78, 5) is 20.9. The van der Waals surface area contributed by atoms with E-state index in [1.165, 1.54) is 11.1 Å². The summed E-state index contributed by atoms with van der Waals surface area (Å²) >= 11 is 1.84. The molecule has 2 atom stereocenters. The Balaban J connectivity index is 0.00000256. The van der Waals surface area contributed by atoms with Gasteiger partial charge in [0.1, 0.15) is 5.82 Å². The molecule has 10 heteroatoms. The zero-order valence-electron chi connectivity index (χ0n) is 18.9. The van der Waals surface area contributed by atoms with Crippen molar-refractivity contribution in [1.82, 2.24) is 15.3 Å². The molecular weight excluding hydrogens is 467 g/mol. The highest BCUT2D eigenvalue weighted by Crippen LogP contribution is 2.31. The molecule has 0 unspecified atom stereocenters. The van der Waals surface area contributed by atoms with Crippen molar-refractivity contribution < 1.29 is 4.79 Å². The molecule has 1 amide bonds. The lowest BCUT2D eigenvalue weighted by Crippen LogP contribution is -2.48. The Bertz CT molecular complexity index is 942. The number of nitrogens with zero attached hydrogens (tertiary/aromatic N) is 2. The number of hydrogen-bond acceptors (Lipinski definition) is 6. The number of carbonyl (C=O) groups is 1. The quantitative estimate of drug-likeness (QED) is 0.241. The van der Waals surface area contributed by atoms with Crippen LogP contribution in [0.25, 0.3) is 10.9 Å². The summed E-state index contributed by atoms with van der Waals surface area (Å²) in [6.45, 7) is 3.88. The van der Waals surface area contributed by atoms with Crippen LogP contribution >= 0.6 is 36.6 Å². The van der Waals surface area contributed by atoms with Gasteiger partial charge in [-0.15, -0.1) is 24.8 Å². The lowest BCUT2D eigenvalue weighted by atomic mass is 9.90. The van der Waals surface area contributed by atoms with Crippen LogP contribution in [0.2, 0.25) is 0 Å². The lowest BCUT2D eigenvalue weighted by molar-refractivity contribution is 0.0991. The molecule has 1 aromatic carbocycles. The van der Waals surface area contributed by atoms with Crippen molar-refractivity contribution in [2.75, 3.05) is 17.3 Å². The molecule has 1 aliphatic carbocycles. The number of fused-ring (bicyclic) bond motifs is 1. The van der Waals surface area contributed by atoms with Gasteiger partial charge in [0.25, 0.3) is 5.91 Å². The minimum Gasteiger partial charge on any atom is -0.369 e. The summed E-state index contributed by atoms with van der Waals surface area (Å²) in [6, 6.07) is 4.28. The van der Waals surface area contributed by atoms with Crippen molar-refractivity contribution in [3.05, 3.63) is 29.1 Å². The van der Waals surface area contributed by atoms with Crippen LogP contribution in [0.4, 0.5) is 5.82 Å². The molecule has 0 aliphatic heterocycles. The molecule has 0 radical (unpaired) electrons. The van der Waals surface area contributed by atoms with E-state index in [-0.39, 0.29) is 42.7 Å². The van der Waals surface area contributed by atoms with E-state index in [2.05, 4.69) is 39.8 Å². The molecule has 7 nitrogen and oxygen atoms in total. The van der Waals surface area contributed by atoms with Crippen molar-refractivity contribution >= 4 is 65.0 Å². The van der Waals surface area contributed by atoms with E-state index in [1.54, 1.807) is 6.92 Å². The maximum atomic E-state index is 11.9. The molecule has 1 saturated carbocycles. The summed E-state index contributed by atoms with van der Waals surface area (Å²) in [7, 11) is 0. The van der Waals surface area contributed by atoms with Crippen LogP contribution in [0, 0.1) is 12.3 Å². The predicted octanol–water partition coefficient (Wildman–Crippen LogP) is 4.49. The van der Waals surface area contributed by atoms with E-state index < -0.39 is 5.91 Å². The Morgan fingerprint density at radius 2 is 1.91 bits per heavy atom. The van der Waals surface area contributed by atoms with E-state index in [9.17, 15) is 4.79 Å². The van der Waals surface area contributed by atoms with Crippen LogP contribution in [-0.2, 0) is 6.42 Å². The summed E-state index contributed by atoms with van der Waals surface area (Å²) < 4.78 is 0. The monoisotopic (exact) mass is 500 g/mol. The largest absolute Gasteiger partial charge is 0.369 e. The van der Waals surface area contributed by atoms with Crippen molar-refractivity contribution in [2.24, 2.45) is 5.73 Å². The third kappa shape index (κ3) is 6.86. The molecule has 5 N–H and O–H groups in total. The Kier molecular flexibility index (Phi) is 11.5. The van der Waals surface area contributed by atoms with E-state index in [0.717, 1.165) is 55.2 Å². The van der Waals surface area contributed by atoms with Gasteiger partial charge < -0.3 is 16.4 Å². The number of nitrogens with two attached hydrogens (primary N) is 1. The lowest BCUT2D eigenvalue weighted by Gasteiger charge is -2.34. The number of nitrogens with one attached hydrogen (secondary N) is 3. The van der Waals surface area contributed by atoms with Crippen LogP contribution in [-0.4, -0.2) is 45.8 Å². The summed E-state index contributed by atoms with van der Waals surface area (Å²) in [5, 5.41) is 15.7. The fourth-order valence-electron chi connectivity index (χ4n) is 4.26. The van der Waals surface area contributed by atoms with Gasteiger partial charge in [0.15, 0.2) is 0 Å². The predicted molar refractivity (Wildman–Crippen MR) is 140 cm³/mol. The number of aryl methyl sites for hydroxylation is 2. The van der Waals surface area contributed by atoms with E-state index in [4.69, 9.17) is 11.1 Å². The maximum Gasteiger partial charge on any atom is 0.286 e. The number of thioether (sulfide) groups is 1. The van der Waals surface area contributed by atoms with E-state index in [0.29, 0.717) is 11.7 Å². The normalized spacial score (nSPS) is 17.7. The molecule has 0 spiro atoms. The van der Waals surface area contributed by atoms with Gasteiger partial charge in [0.2, 0.25) is 5.82 Å². The first-order chi connectivity index (χ1) is 14.4. The Labute approximate surface area is 206 Å². The zero-order valence-corrected chi connectivity index (χ0v) is 21.3. The number of amides is 1. The Morgan fingerprint density at radius 1 is 1.22 bits per heavy atom. The van der Waals surface area contributed by atoms with E-state index >= 15 is 0 Å². The van der Waals surface area contributed by atoms with Crippen molar-refractivity contribution in [3.8, 4) is 0 Å². The second kappa shape index (κ2) is 13.1. The van der Waals surface area contributed by atoms with Crippen molar-refractivity contribution in [1.29, 1.82) is 5.41 Å². The molecule has 1 heterocycles. The SMILES string of the molecule is CSCCCc1c(C)ccc2nc(C(N)=O)nc(N[C@H]3CCCC[C@H]3NC(C)=N)c12.Cl.Cl. The number of rotatable bonds is 8. The molecule has 0 bridgehead atoms. The van der Waals surface area contributed by atoms with Crippen LogP contribution < -0.4 is 16.4 Å². The first kappa shape index (κ1) is 28.3. The molecule has 0 saturated heterocycles. The van der Waals surface area contributed by atoms with Gasteiger partial charge in [-0.2, -0.15) is 11.8 Å². The number of carbonyl (C=O) groups excluding carboxylic acids is 1. The smallest absolute Gasteiger partial charge is 0.286 e. The molecule has 1 aliphatic rings. The van der Waals surface area contributed by atoms with Gasteiger partial charge in [-0.05, 0) is 68.7 Å². The third-order valence-electron chi connectivity index (χ3n) is 5.69. The Morgan fingerprint density at radius 3 is 2.53 bits per heavy atom. The zero-order chi connectivity index (χ0) is 21.7. The van der Waals surface area contributed by atoms with Gasteiger partial charge in [0.05, 0.1) is 11.4 Å². The third-order valence-corrected chi connectivity index (χ3v) is 6.39. The number of primary amides is 1. The maximum absolute atomic E-state index is 11.9. The first-order valence-electron chi connectivity index (χ1n) is 10.6. The second-order valence-electron chi connectivity index (χ2n) is 8.02. The highest BCUT2D eigenvalue weighted by molar-refractivity contribution is 7.98. The van der Waals surface area contributed by atoms with Crippen molar-refractivity contribution in [3.63, 3.8) is 0 Å². The van der Waals surface area contributed by atoms with E-state index in [1.807, 2.05) is 17.8 Å². The summed E-state index contributed by atoms with van der Waals surface area (Å²) in [5.74, 6) is 1.64. The molecule has 3 rings (SSSR count). The number of halogens is 2. The number of anilines is 1. The van der Waals surface area contributed by atoms with Gasteiger partial charge in [-0.3, -0.25) is 10.2 Å². The Hall–Kier alpha value is -1.77. The van der Waals surface area contributed by atoms with Crippen LogP contribution in [0.1, 0.15) is 60.8 Å². The topological polar surface area (TPSA) is 117 Å². The summed E-state index contributed by atoms with van der Waals surface area (Å²) in [6.07, 6.45) is 8.36. The molecule has 2 aromatic rings. The second-order valence-corrected chi connectivity index (χ2v) is 9.01. The van der Waals surface area contributed by atoms with Gasteiger partial charge in [-0.25, -0.2) is 9.97 Å². The van der Waals surface area contributed by atoms with Crippen molar-refractivity contribution in [2.45, 2.75) is 64.5 Å². The molecular formula is C22H34Cl2N6OS. The van der Waals surface area contributed by atoms with Gasteiger partial charge in [0, 0.05) is 17.5 Å². The van der Waals surface area contributed by atoms with Gasteiger partial charge in [-0.1, -0.05) is 18.9 Å². The first-order valence-corrected chi connectivity index (χ1v) is 12.0. The number of hydrogen-bond donors (Lipinski definition) is 4. The van der Waals surface area contributed by atoms with Crippen LogP contribution in [0.3, 0.4) is 0 Å². The number of benzene rings is 1. The molecule has 178 valence electrons. The van der Waals surface area contributed by atoms with Gasteiger partial charge >= 0.3 is 0 Å². The fraction of sp³-hybridized carbons (Fsp3) is 0.545. The van der Waals surface area contributed by atoms with Crippen LogP contribution in [0.15, 0.2) is 12.1 Å². The molecule has 32 heavy (non-hydrogen) atoms. The summed E-state index contributed by atoms with van der Waals surface area (Å²) in [5.41, 5.74) is 8.71. The highest BCUT2D eigenvalue weighted by atomic mass is 35.5.